The second kappa shape index (κ2) is 3.18. The number of thioether (sulfide) groups is 1. The first-order valence-corrected chi connectivity index (χ1v) is 4.33. The second-order valence-electron chi connectivity index (χ2n) is 1.70. The quantitative estimate of drug-likeness (QED) is 0.482. The predicted octanol–water partition coefficient (Wildman–Crippen LogP) is 2.70. The standard InChI is InChI=1S/C7H8S2/c1-9-7-4-2-6(8)3-5-7/h2-5,8H,1H3. The van der Waals surface area contributed by atoms with Crippen molar-refractivity contribution in [3.63, 3.8) is 0 Å². The monoisotopic (exact) mass is 156 g/mol. The Balaban J connectivity index is 2.88. The molecule has 1 aromatic carbocycles. The van der Waals surface area contributed by atoms with E-state index in [0.29, 0.717) is 0 Å². The zero-order valence-electron chi connectivity index (χ0n) is 5.16. The van der Waals surface area contributed by atoms with Crippen LogP contribution < -0.4 is 0 Å². The number of hydrogen-bond donors (Lipinski definition) is 1. The van der Waals surface area contributed by atoms with Crippen LogP contribution in [0.25, 0.3) is 0 Å². The third kappa shape index (κ3) is 1.95. The van der Waals surface area contributed by atoms with Gasteiger partial charge in [0.1, 0.15) is 0 Å². The molecule has 0 N–H and O–H groups in total. The normalized spacial score (nSPS) is 9.56. The summed E-state index contributed by atoms with van der Waals surface area (Å²) in [6.45, 7) is 0. The SMILES string of the molecule is CSc1ccc(S)cc1. The average molecular weight is 156 g/mol. The van der Waals surface area contributed by atoms with E-state index in [1.807, 2.05) is 12.1 Å². The van der Waals surface area contributed by atoms with E-state index >= 15 is 0 Å². The lowest BCUT2D eigenvalue weighted by Crippen LogP contribution is -1.67. The smallest absolute Gasteiger partial charge is 0.00699 e. The van der Waals surface area contributed by atoms with Gasteiger partial charge in [0.05, 0.1) is 0 Å². The summed E-state index contributed by atoms with van der Waals surface area (Å²) in [6.07, 6.45) is 2.06. The molecule has 0 atom stereocenters. The van der Waals surface area contributed by atoms with Gasteiger partial charge in [0, 0.05) is 9.79 Å². The van der Waals surface area contributed by atoms with Crippen molar-refractivity contribution in [1.29, 1.82) is 0 Å². The molecule has 1 aromatic rings. The minimum absolute atomic E-state index is 1.02. The maximum atomic E-state index is 4.16. The van der Waals surface area contributed by atoms with Crippen LogP contribution in [0, 0.1) is 0 Å². The van der Waals surface area contributed by atoms with E-state index in [2.05, 4.69) is 31.0 Å². The molecule has 1 rings (SSSR count). The van der Waals surface area contributed by atoms with E-state index in [1.165, 1.54) is 4.90 Å². The van der Waals surface area contributed by atoms with E-state index in [1.54, 1.807) is 11.8 Å². The Morgan fingerprint density at radius 2 is 1.78 bits per heavy atom. The van der Waals surface area contributed by atoms with Crippen LogP contribution in [0.15, 0.2) is 34.1 Å². The summed E-state index contributed by atoms with van der Waals surface area (Å²) in [5.74, 6) is 0. The van der Waals surface area contributed by atoms with Crippen molar-refractivity contribution in [2.45, 2.75) is 9.79 Å². The zero-order chi connectivity index (χ0) is 6.69. The first-order chi connectivity index (χ1) is 4.33. The fourth-order valence-corrected chi connectivity index (χ4v) is 1.14. The Morgan fingerprint density at radius 1 is 1.22 bits per heavy atom. The Kier molecular flexibility index (Phi) is 2.49. The Bertz CT molecular complexity index is 179. The first kappa shape index (κ1) is 7.03. The van der Waals surface area contributed by atoms with Gasteiger partial charge in [-0.25, -0.2) is 0 Å². The number of hydrogen-bond acceptors (Lipinski definition) is 2. The van der Waals surface area contributed by atoms with Crippen molar-refractivity contribution in [2.24, 2.45) is 0 Å². The van der Waals surface area contributed by atoms with Gasteiger partial charge in [-0.2, -0.15) is 0 Å². The molecule has 0 spiro atoms. The molecule has 48 valence electrons. The van der Waals surface area contributed by atoms with E-state index in [4.69, 9.17) is 0 Å². The highest BCUT2D eigenvalue weighted by Gasteiger charge is 1.85. The van der Waals surface area contributed by atoms with Crippen molar-refractivity contribution in [1.82, 2.24) is 0 Å². The molecule has 0 aliphatic rings. The first-order valence-electron chi connectivity index (χ1n) is 2.66. The van der Waals surface area contributed by atoms with E-state index in [-0.39, 0.29) is 0 Å². The molecule has 0 fully saturated rings. The van der Waals surface area contributed by atoms with Crippen LogP contribution in [0.1, 0.15) is 0 Å². The van der Waals surface area contributed by atoms with Gasteiger partial charge in [-0.3, -0.25) is 0 Å². The van der Waals surface area contributed by atoms with Crippen LogP contribution in [0.3, 0.4) is 0 Å². The van der Waals surface area contributed by atoms with Gasteiger partial charge >= 0.3 is 0 Å². The van der Waals surface area contributed by atoms with Crippen molar-refractivity contribution in [2.75, 3.05) is 6.26 Å². The summed E-state index contributed by atoms with van der Waals surface area (Å²) in [5.41, 5.74) is 0. The number of rotatable bonds is 1. The van der Waals surface area contributed by atoms with Crippen LogP contribution in [-0.4, -0.2) is 6.26 Å². The molecule has 0 aliphatic heterocycles. The maximum absolute atomic E-state index is 4.16. The highest BCUT2D eigenvalue weighted by Crippen LogP contribution is 2.15. The van der Waals surface area contributed by atoms with Crippen molar-refractivity contribution >= 4 is 24.4 Å². The van der Waals surface area contributed by atoms with Crippen LogP contribution in [0.2, 0.25) is 0 Å². The van der Waals surface area contributed by atoms with Crippen LogP contribution in [-0.2, 0) is 0 Å². The highest BCUT2D eigenvalue weighted by atomic mass is 32.2. The van der Waals surface area contributed by atoms with Crippen molar-refractivity contribution in [3.8, 4) is 0 Å². The molecule has 0 nitrogen and oxygen atoms in total. The summed E-state index contributed by atoms with van der Waals surface area (Å²) in [4.78, 5) is 2.31. The molecule has 0 aliphatic carbocycles. The molecule has 0 unspecified atom stereocenters. The lowest BCUT2D eigenvalue weighted by atomic mass is 10.4. The van der Waals surface area contributed by atoms with Crippen LogP contribution >= 0.6 is 24.4 Å². The minimum Gasteiger partial charge on any atom is -0.143 e. The molecular formula is C7H8S2. The molecular weight excluding hydrogens is 148 g/mol. The average Bonchev–Trinajstić information content (AvgIpc) is 1.90. The Morgan fingerprint density at radius 3 is 2.22 bits per heavy atom. The zero-order valence-corrected chi connectivity index (χ0v) is 6.88. The van der Waals surface area contributed by atoms with Gasteiger partial charge in [0.25, 0.3) is 0 Å². The summed E-state index contributed by atoms with van der Waals surface area (Å²) >= 11 is 5.90. The minimum atomic E-state index is 1.02. The maximum Gasteiger partial charge on any atom is 0.00699 e. The molecule has 0 saturated heterocycles. The second-order valence-corrected chi connectivity index (χ2v) is 3.09. The Hall–Kier alpha value is -0.0800. The van der Waals surface area contributed by atoms with Gasteiger partial charge < -0.3 is 0 Å². The highest BCUT2D eigenvalue weighted by molar-refractivity contribution is 7.98. The van der Waals surface area contributed by atoms with E-state index in [0.717, 1.165) is 4.90 Å². The molecule has 0 saturated carbocycles. The van der Waals surface area contributed by atoms with Crippen LogP contribution in [0.5, 0.6) is 0 Å². The fourth-order valence-electron chi connectivity index (χ4n) is 0.582. The number of benzene rings is 1. The molecule has 0 radical (unpaired) electrons. The largest absolute Gasteiger partial charge is 0.143 e. The van der Waals surface area contributed by atoms with E-state index in [9.17, 15) is 0 Å². The van der Waals surface area contributed by atoms with Crippen LogP contribution in [0.4, 0.5) is 0 Å². The lowest BCUT2D eigenvalue weighted by Gasteiger charge is -1.93. The van der Waals surface area contributed by atoms with Gasteiger partial charge in [-0.15, -0.1) is 24.4 Å². The summed E-state index contributed by atoms with van der Waals surface area (Å²) in [5, 5.41) is 0. The van der Waals surface area contributed by atoms with Gasteiger partial charge in [0.2, 0.25) is 0 Å². The summed E-state index contributed by atoms with van der Waals surface area (Å²) in [7, 11) is 0. The van der Waals surface area contributed by atoms with Crippen molar-refractivity contribution < 1.29 is 0 Å². The predicted molar refractivity (Wildman–Crippen MR) is 45.5 cm³/mol. The topological polar surface area (TPSA) is 0 Å². The molecule has 2 heteroatoms. The number of thiol groups is 1. The molecule has 9 heavy (non-hydrogen) atoms. The summed E-state index contributed by atoms with van der Waals surface area (Å²) < 4.78 is 0. The van der Waals surface area contributed by atoms with Gasteiger partial charge in [-0.1, -0.05) is 0 Å². The van der Waals surface area contributed by atoms with Crippen molar-refractivity contribution in [3.05, 3.63) is 24.3 Å². The lowest BCUT2D eigenvalue weighted by molar-refractivity contribution is 1.36. The summed E-state index contributed by atoms with van der Waals surface area (Å²) in [6, 6.07) is 8.11. The van der Waals surface area contributed by atoms with Gasteiger partial charge in [-0.05, 0) is 30.5 Å². The Labute approximate surface area is 65.1 Å². The molecule has 0 aromatic heterocycles. The fraction of sp³-hybridized carbons (Fsp3) is 0.143. The van der Waals surface area contributed by atoms with E-state index < -0.39 is 0 Å². The third-order valence-corrected chi connectivity index (χ3v) is 2.11. The molecule has 0 amide bonds. The molecule has 0 heterocycles. The molecule has 0 bridgehead atoms. The third-order valence-electron chi connectivity index (χ3n) is 1.07. The van der Waals surface area contributed by atoms with Gasteiger partial charge in [0.15, 0.2) is 0 Å².